The van der Waals surface area contributed by atoms with Crippen molar-refractivity contribution in [2.45, 2.75) is 0 Å². The van der Waals surface area contributed by atoms with Crippen LogP contribution in [0, 0.1) is 11.6 Å². The summed E-state index contributed by atoms with van der Waals surface area (Å²) in [7, 11) is 4.51. The van der Waals surface area contributed by atoms with Gasteiger partial charge in [-0.05, 0) is 12.1 Å². The van der Waals surface area contributed by atoms with Gasteiger partial charge in [-0.3, -0.25) is 9.59 Å². The minimum atomic E-state index is -0.869. The topological polar surface area (TPSA) is 40.6 Å². The Labute approximate surface area is 104 Å². The van der Waals surface area contributed by atoms with Crippen molar-refractivity contribution in [1.29, 1.82) is 0 Å². The predicted octanol–water partition coefficient (Wildman–Crippen LogP) is 1.30. The molecule has 1 amide bonds. The molecule has 0 unspecified atom stereocenters. The third-order valence-electron chi connectivity index (χ3n) is 2.43. The molecule has 0 saturated carbocycles. The Kier molecular flexibility index (Phi) is 4.36. The van der Waals surface area contributed by atoms with Gasteiger partial charge in [0.2, 0.25) is 5.91 Å². The molecule has 0 aromatic heterocycles. The fourth-order valence-corrected chi connectivity index (χ4v) is 1.44. The van der Waals surface area contributed by atoms with Gasteiger partial charge >= 0.3 is 0 Å². The Morgan fingerprint density at radius 1 is 1.22 bits per heavy atom. The van der Waals surface area contributed by atoms with E-state index in [9.17, 15) is 18.4 Å². The third kappa shape index (κ3) is 3.03. The van der Waals surface area contributed by atoms with Crippen LogP contribution in [0.2, 0.25) is 0 Å². The van der Waals surface area contributed by atoms with Gasteiger partial charge in [0.15, 0.2) is 0 Å². The molecule has 18 heavy (non-hydrogen) atoms. The Morgan fingerprint density at radius 2 is 1.72 bits per heavy atom. The molecule has 1 aromatic carbocycles. The summed E-state index contributed by atoms with van der Waals surface area (Å²) in [5.41, 5.74) is -0.406. The van der Waals surface area contributed by atoms with Crippen molar-refractivity contribution in [3.63, 3.8) is 0 Å². The lowest BCUT2D eigenvalue weighted by Crippen LogP contribution is -2.35. The molecule has 0 saturated heterocycles. The van der Waals surface area contributed by atoms with Crippen LogP contribution in [0.4, 0.5) is 14.5 Å². The number of amides is 1. The molecule has 0 aliphatic carbocycles. The van der Waals surface area contributed by atoms with Gasteiger partial charge in [-0.2, -0.15) is 0 Å². The van der Waals surface area contributed by atoms with Crippen LogP contribution in [-0.2, 0) is 4.79 Å². The van der Waals surface area contributed by atoms with E-state index in [0.29, 0.717) is 6.29 Å². The first kappa shape index (κ1) is 14.1. The number of hydrogen-bond donors (Lipinski definition) is 0. The summed E-state index contributed by atoms with van der Waals surface area (Å²) in [6, 6.07) is 1.87. The highest BCUT2D eigenvalue weighted by atomic mass is 19.1. The van der Waals surface area contributed by atoms with E-state index in [-0.39, 0.29) is 23.7 Å². The number of halogens is 2. The molecule has 0 bridgehead atoms. The summed E-state index contributed by atoms with van der Waals surface area (Å²) in [5, 5.41) is 0. The zero-order chi connectivity index (χ0) is 13.9. The molecule has 0 atom stereocenters. The van der Waals surface area contributed by atoms with Crippen molar-refractivity contribution in [2.75, 3.05) is 32.6 Å². The van der Waals surface area contributed by atoms with Crippen LogP contribution in [-0.4, -0.2) is 44.8 Å². The second-order valence-electron chi connectivity index (χ2n) is 4.10. The molecule has 0 N–H and O–H groups in total. The lowest BCUT2D eigenvalue weighted by Gasteiger charge is -2.22. The van der Waals surface area contributed by atoms with E-state index in [2.05, 4.69) is 0 Å². The third-order valence-corrected chi connectivity index (χ3v) is 2.43. The first-order valence-corrected chi connectivity index (χ1v) is 5.22. The molecule has 0 fully saturated rings. The van der Waals surface area contributed by atoms with Crippen LogP contribution >= 0.6 is 0 Å². The van der Waals surface area contributed by atoms with Crippen LogP contribution in [0.25, 0.3) is 0 Å². The van der Waals surface area contributed by atoms with Gasteiger partial charge in [-0.15, -0.1) is 0 Å². The number of rotatable bonds is 4. The molecular formula is C12H14F2N2O2. The maximum atomic E-state index is 13.6. The Morgan fingerprint density at radius 3 is 2.11 bits per heavy atom. The van der Waals surface area contributed by atoms with Crippen molar-refractivity contribution in [1.82, 2.24) is 4.90 Å². The van der Waals surface area contributed by atoms with Crippen molar-refractivity contribution < 1.29 is 18.4 Å². The Balaban J connectivity index is 3.02. The average molecular weight is 256 g/mol. The quantitative estimate of drug-likeness (QED) is 0.762. The van der Waals surface area contributed by atoms with Gasteiger partial charge < -0.3 is 9.80 Å². The molecule has 0 aliphatic heterocycles. The van der Waals surface area contributed by atoms with Gasteiger partial charge in [-0.1, -0.05) is 0 Å². The summed E-state index contributed by atoms with van der Waals surface area (Å²) in [6.07, 6.45) is 0.362. The minimum Gasteiger partial charge on any atom is -0.361 e. The molecule has 4 nitrogen and oxygen atoms in total. The lowest BCUT2D eigenvalue weighted by atomic mass is 10.2. The number of carbonyl (C=O) groups excluding carboxylic acids is 2. The van der Waals surface area contributed by atoms with Crippen LogP contribution < -0.4 is 4.90 Å². The number of aldehydes is 1. The van der Waals surface area contributed by atoms with E-state index < -0.39 is 11.6 Å². The van der Waals surface area contributed by atoms with E-state index in [1.54, 1.807) is 14.1 Å². The number of nitrogens with zero attached hydrogens (tertiary/aromatic N) is 2. The van der Waals surface area contributed by atoms with Gasteiger partial charge in [0.05, 0.1) is 6.54 Å². The molecular weight excluding hydrogens is 242 g/mol. The highest BCUT2D eigenvalue weighted by Crippen LogP contribution is 2.23. The Hall–Kier alpha value is -1.98. The summed E-state index contributed by atoms with van der Waals surface area (Å²) in [5.74, 6) is -2.02. The van der Waals surface area contributed by atoms with E-state index in [4.69, 9.17) is 0 Å². The van der Waals surface area contributed by atoms with Crippen LogP contribution in [0.1, 0.15) is 10.4 Å². The molecule has 1 aromatic rings. The molecule has 0 heterocycles. The summed E-state index contributed by atoms with van der Waals surface area (Å²) < 4.78 is 27.3. The van der Waals surface area contributed by atoms with Gasteiger partial charge in [0.1, 0.15) is 23.6 Å². The minimum absolute atomic E-state index is 0.0823. The second-order valence-corrected chi connectivity index (χ2v) is 4.10. The summed E-state index contributed by atoms with van der Waals surface area (Å²) >= 11 is 0. The number of benzene rings is 1. The van der Waals surface area contributed by atoms with Crippen molar-refractivity contribution in [2.24, 2.45) is 0 Å². The standard InChI is InChI=1S/C12H14F2N2O2/c1-15(2)11(18)6-16(3)12-9(13)4-8(7-17)5-10(12)14/h4-5,7H,6H2,1-3H3. The average Bonchev–Trinajstić information content (AvgIpc) is 2.27. The summed E-state index contributed by atoms with van der Waals surface area (Å²) in [4.78, 5) is 24.4. The lowest BCUT2D eigenvalue weighted by molar-refractivity contribution is -0.127. The molecule has 0 radical (unpaired) electrons. The highest BCUT2D eigenvalue weighted by molar-refractivity contribution is 5.81. The maximum Gasteiger partial charge on any atom is 0.241 e. The number of carbonyl (C=O) groups is 2. The predicted molar refractivity (Wildman–Crippen MR) is 63.7 cm³/mol. The molecule has 0 aliphatic rings. The fourth-order valence-electron chi connectivity index (χ4n) is 1.44. The molecule has 6 heteroatoms. The first-order chi connectivity index (χ1) is 8.36. The van der Waals surface area contributed by atoms with Crippen LogP contribution in [0.5, 0.6) is 0 Å². The second kappa shape index (κ2) is 5.57. The van der Waals surface area contributed by atoms with Gasteiger partial charge in [0, 0.05) is 26.7 Å². The van der Waals surface area contributed by atoms with E-state index in [1.807, 2.05) is 0 Å². The maximum absolute atomic E-state index is 13.6. The SMILES string of the molecule is CN(C)C(=O)CN(C)c1c(F)cc(C=O)cc1F. The normalized spacial score (nSPS) is 10.1. The van der Waals surface area contributed by atoms with Gasteiger partial charge in [-0.25, -0.2) is 8.78 Å². The summed E-state index contributed by atoms with van der Waals surface area (Å²) in [6.45, 7) is -0.152. The van der Waals surface area contributed by atoms with E-state index in [1.165, 1.54) is 16.8 Å². The zero-order valence-electron chi connectivity index (χ0n) is 10.4. The smallest absolute Gasteiger partial charge is 0.241 e. The van der Waals surface area contributed by atoms with Crippen molar-refractivity contribution >= 4 is 17.9 Å². The zero-order valence-corrected chi connectivity index (χ0v) is 10.4. The molecule has 0 spiro atoms. The monoisotopic (exact) mass is 256 g/mol. The van der Waals surface area contributed by atoms with Gasteiger partial charge in [0.25, 0.3) is 0 Å². The van der Waals surface area contributed by atoms with E-state index >= 15 is 0 Å². The Bertz CT molecular complexity index is 452. The van der Waals surface area contributed by atoms with Crippen LogP contribution in [0.3, 0.4) is 0 Å². The first-order valence-electron chi connectivity index (χ1n) is 5.22. The van der Waals surface area contributed by atoms with Crippen LogP contribution in [0.15, 0.2) is 12.1 Å². The number of likely N-dealkylation sites (N-methyl/N-ethyl adjacent to an activating group) is 2. The largest absolute Gasteiger partial charge is 0.361 e. The molecule has 98 valence electrons. The number of hydrogen-bond acceptors (Lipinski definition) is 3. The molecule has 1 rings (SSSR count). The van der Waals surface area contributed by atoms with Crippen molar-refractivity contribution in [3.8, 4) is 0 Å². The number of anilines is 1. The highest BCUT2D eigenvalue weighted by Gasteiger charge is 2.18. The van der Waals surface area contributed by atoms with Crippen molar-refractivity contribution in [3.05, 3.63) is 29.3 Å². The fraction of sp³-hybridized carbons (Fsp3) is 0.333. The van der Waals surface area contributed by atoms with E-state index in [0.717, 1.165) is 12.1 Å².